The van der Waals surface area contributed by atoms with E-state index in [1.807, 2.05) is 11.8 Å². The maximum absolute atomic E-state index is 2.54. The highest BCUT2D eigenvalue weighted by molar-refractivity contribution is 7.99. The largest absolute Gasteiger partial charge is 1.00 e. The molecule has 2 nitrogen and oxygen atoms in total. The highest BCUT2D eigenvalue weighted by Crippen LogP contribution is 2.41. The van der Waals surface area contributed by atoms with Gasteiger partial charge < -0.3 is 35.4 Å². The van der Waals surface area contributed by atoms with Crippen LogP contribution < -0.4 is 35.4 Å². The van der Waals surface area contributed by atoms with Crippen LogP contribution in [-0.4, -0.2) is 12.1 Å². The predicted molar refractivity (Wildman–Crippen MR) is 117 cm³/mol. The van der Waals surface area contributed by atoms with Gasteiger partial charge in [-0.05, 0) is 81.0 Å². The molecule has 2 aromatic carbocycles. The van der Waals surface area contributed by atoms with Crippen molar-refractivity contribution in [3.05, 3.63) is 47.5 Å². The van der Waals surface area contributed by atoms with Crippen molar-refractivity contribution < 1.29 is 35.4 Å². The second-order valence-electron chi connectivity index (χ2n) is 9.14. The van der Waals surface area contributed by atoms with Crippen molar-refractivity contribution in [3.63, 3.8) is 0 Å². The van der Waals surface area contributed by atoms with Crippen molar-refractivity contribution in [2.75, 3.05) is 0 Å². The molecule has 5 rings (SSSR count). The first-order valence-corrected chi connectivity index (χ1v) is 12.3. The number of nitrogens with two attached hydrogens (primary N) is 2. The molecule has 0 aromatic heterocycles. The van der Waals surface area contributed by atoms with Crippen LogP contribution >= 0.6 is 11.8 Å². The van der Waals surface area contributed by atoms with Crippen molar-refractivity contribution in [2.45, 2.75) is 92.5 Å². The minimum atomic E-state index is 0. The molecule has 0 radical (unpaired) electrons. The molecule has 0 unspecified atom stereocenters. The zero-order valence-corrected chi connectivity index (χ0v) is 20.0. The van der Waals surface area contributed by atoms with E-state index in [4.69, 9.17) is 0 Å². The smallest absolute Gasteiger partial charge is 0.130 e. The van der Waals surface area contributed by atoms with Gasteiger partial charge in [-0.3, -0.25) is 0 Å². The summed E-state index contributed by atoms with van der Waals surface area (Å²) in [7, 11) is 0. The van der Waals surface area contributed by atoms with Crippen molar-refractivity contribution in [2.24, 2.45) is 0 Å². The minimum absolute atomic E-state index is 0. The van der Waals surface area contributed by atoms with E-state index < -0.39 is 0 Å². The summed E-state index contributed by atoms with van der Waals surface area (Å²) >= 11 is 1.99. The van der Waals surface area contributed by atoms with Crippen LogP contribution in [0.2, 0.25) is 0 Å². The Morgan fingerprint density at radius 3 is 1.47 bits per heavy atom. The first-order chi connectivity index (χ1) is 13.8. The van der Waals surface area contributed by atoms with E-state index >= 15 is 0 Å². The molecule has 1 heterocycles. The molecule has 0 spiro atoms. The van der Waals surface area contributed by atoms with E-state index in [0.29, 0.717) is 0 Å². The molecule has 3 aliphatic rings. The summed E-state index contributed by atoms with van der Waals surface area (Å²) in [5.41, 5.74) is 5.88. The summed E-state index contributed by atoms with van der Waals surface area (Å²) in [6.45, 7) is 0. The molecule has 2 aromatic rings. The van der Waals surface area contributed by atoms with Gasteiger partial charge in [0.05, 0.1) is 12.1 Å². The van der Waals surface area contributed by atoms with Gasteiger partial charge in [0, 0.05) is 21.9 Å². The van der Waals surface area contributed by atoms with Gasteiger partial charge in [0.1, 0.15) is 11.4 Å². The third kappa shape index (κ3) is 5.75. The number of rotatable bonds is 4. The zero-order chi connectivity index (χ0) is 18.8. The zero-order valence-electron chi connectivity index (χ0n) is 17.7. The van der Waals surface area contributed by atoms with Gasteiger partial charge in [0.15, 0.2) is 0 Å². The average molecular weight is 466 g/mol. The summed E-state index contributed by atoms with van der Waals surface area (Å²) in [5, 5.41) is 5.09. The van der Waals surface area contributed by atoms with Crippen LogP contribution in [0, 0.1) is 0 Å². The van der Waals surface area contributed by atoms with Gasteiger partial charge in [-0.2, -0.15) is 0 Å². The van der Waals surface area contributed by atoms with Crippen LogP contribution in [0.1, 0.15) is 75.3 Å². The molecular formula is C25H34Cl2N2S. The lowest BCUT2D eigenvalue weighted by molar-refractivity contribution is -0.614. The first-order valence-electron chi connectivity index (χ1n) is 11.5. The molecule has 30 heavy (non-hydrogen) atoms. The number of hydrogen-bond acceptors (Lipinski definition) is 1. The van der Waals surface area contributed by atoms with Crippen molar-refractivity contribution in [3.8, 4) is 0 Å². The van der Waals surface area contributed by atoms with Crippen LogP contribution in [0.3, 0.4) is 0 Å². The fraction of sp³-hybridized carbons (Fsp3) is 0.520. The normalized spacial score (nSPS) is 19.2. The number of halogens is 2. The third-order valence-corrected chi connectivity index (χ3v) is 8.14. The molecule has 0 bridgehead atoms. The van der Waals surface area contributed by atoms with Gasteiger partial charge in [-0.25, -0.2) is 0 Å². The average Bonchev–Trinajstić information content (AvgIpc) is 2.74. The summed E-state index contributed by atoms with van der Waals surface area (Å²) in [6.07, 6.45) is 15.1. The minimum Gasteiger partial charge on any atom is -1.00 e. The molecule has 5 heteroatoms. The van der Waals surface area contributed by atoms with Crippen LogP contribution in [0.25, 0.3) is 0 Å². The Bertz CT molecular complexity index is 762. The SMILES string of the molecule is [Cl-].[Cl-].c1cc2c(cc1[NH2+]C1CCCCC1)Sc1cc([NH2+]C3CCCCC3)ccc1C2. The summed E-state index contributed by atoms with van der Waals surface area (Å²) in [5.74, 6) is 0. The molecule has 0 amide bonds. The first kappa shape index (κ1) is 23.9. The molecule has 2 fully saturated rings. The van der Waals surface area contributed by atoms with Gasteiger partial charge in [-0.1, -0.05) is 36.7 Å². The summed E-state index contributed by atoms with van der Waals surface area (Å²) in [6, 6.07) is 16.0. The second-order valence-corrected chi connectivity index (χ2v) is 10.2. The van der Waals surface area contributed by atoms with E-state index in [1.54, 1.807) is 0 Å². The predicted octanol–water partition coefficient (Wildman–Crippen LogP) is -1.19. The van der Waals surface area contributed by atoms with E-state index in [0.717, 1.165) is 18.5 Å². The molecule has 1 aliphatic heterocycles. The fourth-order valence-electron chi connectivity index (χ4n) is 5.30. The molecule has 2 aliphatic carbocycles. The van der Waals surface area contributed by atoms with Crippen LogP contribution in [0.15, 0.2) is 46.2 Å². The maximum Gasteiger partial charge on any atom is 0.130 e. The highest BCUT2D eigenvalue weighted by Gasteiger charge is 2.22. The quantitative estimate of drug-likeness (QED) is 0.467. The third-order valence-electron chi connectivity index (χ3n) is 6.94. The van der Waals surface area contributed by atoms with Crippen LogP contribution in [-0.2, 0) is 6.42 Å². The highest BCUT2D eigenvalue weighted by atomic mass is 35.5. The van der Waals surface area contributed by atoms with Gasteiger partial charge in [0.2, 0.25) is 0 Å². The Balaban J connectivity index is 0.00000128. The number of benzene rings is 2. The van der Waals surface area contributed by atoms with Gasteiger partial charge >= 0.3 is 0 Å². The van der Waals surface area contributed by atoms with E-state index in [9.17, 15) is 0 Å². The standard InChI is InChI=1S/C25H32N2S.2ClH/c1-3-7-20(8-4-1)26-22-13-11-18-15-19-12-14-23(17-25(19)28-24(18)16-22)27-21-9-5-2-6-10-21;;/h11-14,16-17,20-21,26-27H,1-10,15H2;2*1H. The summed E-state index contributed by atoms with van der Waals surface area (Å²) in [4.78, 5) is 2.96. The van der Waals surface area contributed by atoms with Crippen molar-refractivity contribution in [1.82, 2.24) is 0 Å². The van der Waals surface area contributed by atoms with Gasteiger partial charge in [-0.15, -0.1) is 0 Å². The van der Waals surface area contributed by atoms with Crippen molar-refractivity contribution in [1.29, 1.82) is 0 Å². The molecule has 164 valence electrons. The maximum atomic E-state index is 2.54. The number of fused-ring (bicyclic) bond motifs is 2. The lowest BCUT2D eigenvalue weighted by atomic mass is 9.95. The number of hydrogen-bond donors (Lipinski definition) is 2. The molecule has 0 saturated heterocycles. The van der Waals surface area contributed by atoms with E-state index in [1.165, 1.54) is 96.5 Å². The monoisotopic (exact) mass is 464 g/mol. The molecule has 0 atom stereocenters. The Morgan fingerprint density at radius 2 is 1.03 bits per heavy atom. The molecular weight excluding hydrogens is 431 g/mol. The lowest BCUT2D eigenvalue weighted by Crippen LogP contribution is -3.00. The Kier molecular flexibility index (Phi) is 8.97. The van der Waals surface area contributed by atoms with E-state index in [-0.39, 0.29) is 24.8 Å². The van der Waals surface area contributed by atoms with Crippen LogP contribution in [0.4, 0.5) is 11.4 Å². The van der Waals surface area contributed by atoms with Crippen molar-refractivity contribution >= 4 is 23.1 Å². The Hall–Kier alpha value is -0.710. The van der Waals surface area contributed by atoms with Gasteiger partial charge in [0.25, 0.3) is 0 Å². The fourth-order valence-corrected chi connectivity index (χ4v) is 6.47. The molecule has 4 N–H and O–H groups in total. The topological polar surface area (TPSA) is 33.2 Å². The lowest BCUT2D eigenvalue weighted by Gasteiger charge is -2.23. The van der Waals surface area contributed by atoms with Crippen LogP contribution in [0.5, 0.6) is 0 Å². The molecule has 2 saturated carbocycles. The second kappa shape index (κ2) is 11.2. The Morgan fingerprint density at radius 1 is 0.600 bits per heavy atom. The van der Waals surface area contributed by atoms with E-state index in [2.05, 4.69) is 47.0 Å². The Labute approximate surface area is 198 Å². The summed E-state index contributed by atoms with van der Waals surface area (Å²) < 4.78 is 0. The number of quaternary nitrogens is 2.